The lowest BCUT2D eigenvalue weighted by atomic mass is 10.2. The molecule has 0 spiro atoms. The Morgan fingerprint density at radius 3 is 2.57 bits per heavy atom. The maximum Gasteiger partial charge on any atom is 0.171 e. The second-order valence-electron chi connectivity index (χ2n) is 4.23. The third-order valence-corrected chi connectivity index (χ3v) is 3.11. The van der Waals surface area contributed by atoms with Gasteiger partial charge in [0.1, 0.15) is 11.5 Å². The average Bonchev–Trinajstić information content (AvgIpc) is 2.54. The average molecular weight is 303 g/mol. The molecule has 1 aromatic carbocycles. The van der Waals surface area contributed by atoms with Crippen LogP contribution in [0.15, 0.2) is 42.7 Å². The number of pyridine rings is 1. The number of hydrogen-bond donors (Lipinski definition) is 2. The van der Waals surface area contributed by atoms with Crippen molar-refractivity contribution in [2.24, 2.45) is 0 Å². The van der Waals surface area contributed by atoms with Crippen molar-refractivity contribution in [2.45, 2.75) is 6.54 Å². The summed E-state index contributed by atoms with van der Waals surface area (Å²) in [6.45, 7) is 0.632. The van der Waals surface area contributed by atoms with E-state index in [1.807, 2.05) is 24.3 Å². The summed E-state index contributed by atoms with van der Waals surface area (Å²) in [5.74, 6) is 1.40. The molecule has 6 heteroatoms. The number of benzene rings is 1. The molecule has 110 valence electrons. The van der Waals surface area contributed by atoms with Gasteiger partial charge in [0.2, 0.25) is 0 Å². The Bertz CT molecular complexity index is 605. The quantitative estimate of drug-likeness (QED) is 0.828. The van der Waals surface area contributed by atoms with Gasteiger partial charge in [0.05, 0.1) is 19.9 Å². The van der Waals surface area contributed by atoms with E-state index in [0.29, 0.717) is 17.4 Å². The molecule has 0 aliphatic heterocycles. The summed E-state index contributed by atoms with van der Waals surface area (Å²) < 4.78 is 10.5. The van der Waals surface area contributed by atoms with Crippen molar-refractivity contribution in [1.82, 2.24) is 10.3 Å². The van der Waals surface area contributed by atoms with Crippen molar-refractivity contribution < 1.29 is 9.47 Å². The van der Waals surface area contributed by atoms with Crippen LogP contribution in [-0.4, -0.2) is 24.3 Å². The molecule has 2 rings (SSSR count). The first-order valence-electron chi connectivity index (χ1n) is 6.38. The summed E-state index contributed by atoms with van der Waals surface area (Å²) in [5, 5.41) is 6.76. The summed E-state index contributed by atoms with van der Waals surface area (Å²) in [5.41, 5.74) is 1.89. The zero-order valence-corrected chi connectivity index (χ0v) is 12.7. The van der Waals surface area contributed by atoms with Gasteiger partial charge in [0, 0.05) is 25.0 Å². The predicted molar refractivity (Wildman–Crippen MR) is 86.8 cm³/mol. The fraction of sp³-hybridized carbons (Fsp3) is 0.200. The maximum atomic E-state index is 5.31. The number of hydrogen-bond acceptors (Lipinski definition) is 4. The van der Waals surface area contributed by atoms with E-state index in [1.54, 1.807) is 32.7 Å². The Hall–Kier alpha value is -2.34. The minimum Gasteiger partial charge on any atom is -0.497 e. The van der Waals surface area contributed by atoms with Crippen LogP contribution in [0.25, 0.3) is 0 Å². The van der Waals surface area contributed by atoms with Gasteiger partial charge in [-0.2, -0.15) is 0 Å². The highest BCUT2D eigenvalue weighted by atomic mass is 32.1. The molecule has 0 bridgehead atoms. The molecule has 0 fully saturated rings. The van der Waals surface area contributed by atoms with Crippen LogP contribution in [0.1, 0.15) is 5.56 Å². The van der Waals surface area contributed by atoms with Gasteiger partial charge >= 0.3 is 0 Å². The number of aromatic nitrogens is 1. The number of thiocarbonyl (C=S) groups is 1. The molecule has 2 aromatic rings. The normalized spacial score (nSPS) is 9.81. The van der Waals surface area contributed by atoms with Gasteiger partial charge in [0.25, 0.3) is 0 Å². The summed E-state index contributed by atoms with van der Waals surface area (Å²) in [7, 11) is 3.22. The Balaban J connectivity index is 1.96. The fourth-order valence-electron chi connectivity index (χ4n) is 1.75. The largest absolute Gasteiger partial charge is 0.497 e. The Labute approximate surface area is 129 Å². The molecule has 0 unspecified atom stereocenters. The molecule has 0 saturated carbocycles. The van der Waals surface area contributed by atoms with Crippen molar-refractivity contribution >= 4 is 23.0 Å². The molecule has 0 saturated heterocycles. The lowest BCUT2D eigenvalue weighted by Gasteiger charge is -2.14. The van der Waals surface area contributed by atoms with Crippen LogP contribution in [0.4, 0.5) is 5.69 Å². The van der Waals surface area contributed by atoms with Crippen LogP contribution < -0.4 is 20.1 Å². The minimum atomic E-state index is 0.523. The Morgan fingerprint density at radius 1 is 1.14 bits per heavy atom. The predicted octanol–water partition coefficient (Wildman–Crippen LogP) is 2.59. The molecule has 0 aliphatic rings. The number of anilines is 1. The first-order valence-corrected chi connectivity index (χ1v) is 6.79. The van der Waals surface area contributed by atoms with Crippen LogP contribution in [0.5, 0.6) is 11.5 Å². The van der Waals surface area contributed by atoms with Gasteiger partial charge < -0.3 is 20.1 Å². The van der Waals surface area contributed by atoms with E-state index >= 15 is 0 Å². The maximum absolute atomic E-state index is 5.31. The summed E-state index contributed by atoms with van der Waals surface area (Å²) in [6, 6.07) is 9.37. The molecule has 21 heavy (non-hydrogen) atoms. The van der Waals surface area contributed by atoms with E-state index in [-0.39, 0.29) is 0 Å². The first kappa shape index (κ1) is 15.1. The molecule has 0 atom stereocenters. The van der Waals surface area contributed by atoms with Crippen LogP contribution in [0, 0.1) is 0 Å². The third kappa shape index (κ3) is 4.32. The van der Waals surface area contributed by atoms with Gasteiger partial charge in [-0.3, -0.25) is 4.98 Å². The van der Waals surface area contributed by atoms with Crippen molar-refractivity contribution in [3.63, 3.8) is 0 Å². The van der Waals surface area contributed by atoms with E-state index in [4.69, 9.17) is 21.7 Å². The second-order valence-corrected chi connectivity index (χ2v) is 4.64. The molecule has 5 nitrogen and oxygen atoms in total. The van der Waals surface area contributed by atoms with Crippen LogP contribution >= 0.6 is 12.2 Å². The van der Waals surface area contributed by atoms with Crippen molar-refractivity contribution in [3.05, 3.63) is 48.3 Å². The lowest BCUT2D eigenvalue weighted by Crippen LogP contribution is -2.28. The summed E-state index contributed by atoms with van der Waals surface area (Å²) in [4.78, 5) is 3.97. The van der Waals surface area contributed by atoms with Crippen molar-refractivity contribution in [2.75, 3.05) is 19.5 Å². The molecular formula is C15H17N3O2S. The fourth-order valence-corrected chi connectivity index (χ4v) is 1.93. The number of rotatable bonds is 5. The number of nitrogens with one attached hydrogen (secondary N) is 2. The second kappa shape index (κ2) is 7.44. The van der Waals surface area contributed by atoms with Gasteiger partial charge in [-0.15, -0.1) is 0 Å². The minimum absolute atomic E-state index is 0.523. The van der Waals surface area contributed by atoms with Gasteiger partial charge in [0.15, 0.2) is 5.11 Å². The van der Waals surface area contributed by atoms with E-state index < -0.39 is 0 Å². The highest BCUT2D eigenvalue weighted by molar-refractivity contribution is 7.80. The first-order chi connectivity index (χ1) is 10.2. The molecule has 0 amide bonds. The smallest absolute Gasteiger partial charge is 0.171 e. The van der Waals surface area contributed by atoms with E-state index in [9.17, 15) is 0 Å². The van der Waals surface area contributed by atoms with E-state index in [0.717, 1.165) is 17.0 Å². The zero-order valence-electron chi connectivity index (χ0n) is 11.9. The molecule has 0 aliphatic carbocycles. The van der Waals surface area contributed by atoms with Gasteiger partial charge in [-0.25, -0.2) is 0 Å². The highest BCUT2D eigenvalue weighted by Crippen LogP contribution is 2.28. The topological polar surface area (TPSA) is 55.4 Å². The number of ether oxygens (including phenoxy) is 2. The third-order valence-electron chi connectivity index (χ3n) is 2.86. The molecule has 1 aromatic heterocycles. The van der Waals surface area contributed by atoms with E-state index in [1.165, 1.54) is 0 Å². The lowest BCUT2D eigenvalue weighted by molar-refractivity contribution is 0.395. The standard InChI is InChI=1S/C15H17N3O2S/c1-19-12-3-4-13(14(9-12)20-2)18-15(21)17-10-11-5-7-16-8-6-11/h3-9H,10H2,1-2H3,(H2,17,18,21). The highest BCUT2D eigenvalue weighted by Gasteiger charge is 2.06. The molecule has 2 N–H and O–H groups in total. The molecule has 0 radical (unpaired) electrons. The van der Waals surface area contributed by atoms with E-state index in [2.05, 4.69) is 15.6 Å². The summed E-state index contributed by atoms with van der Waals surface area (Å²) >= 11 is 5.28. The summed E-state index contributed by atoms with van der Waals surface area (Å²) in [6.07, 6.45) is 3.50. The monoisotopic (exact) mass is 303 g/mol. The Morgan fingerprint density at radius 2 is 1.90 bits per heavy atom. The SMILES string of the molecule is COc1ccc(NC(=S)NCc2ccncc2)c(OC)c1. The van der Waals surface area contributed by atoms with Crippen molar-refractivity contribution in [3.8, 4) is 11.5 Å². The zero-order chi connectivity index (χ0) is 15.1. The van der Waals surface area contributed by atoms with Crippen LogP contribution in [0.2, 0.25) is 0 Å². The van der Waals surface area contributed by atoms with Gasteiger partial charge in [-0.05, 0) is 42.0 Å². The van der Waals surface area contributed by atoms with Gasteiger partial charge in [-0.1, -0.05) is 0 Å². The molecular weight excluding hydrogens is 286 g/mol. The van der Waals surface area contributed by atoms with Crippen LogP contribution in [-0.2, 0) is 6.54 Å². The van der Waals surface area contributed by atoms with Crippen molar-refractivity contribution in [1.29, 1.82) is 0 Å². The van der Waals surface area contributed by atoms with Crippen LogP contribution in [0.3, 0.4) is 0 Å². The number of methoxy groups -OCH3 is 2. The number of nitrogens with zero attached hydrogens (tertiary/aromatic N) is 1. The Kier molecular flexibility index (Phi) is 5.34. The molecule has 1 heterocycles.